The Morgan fingerprint density at radius 3 is 2.11 bits per heavy atom. The average molecular weight is 531 g/mol. The lowest BCUT2D eigenvalue weighted by Gasteiger charge is -2.11. The maximum absolute atomic E-state index is 12.8. The molecule has 4 aromatic carbocycles. The monoisotopic (exact) mass is 530 g/mol. The molecule has 2 amide bonds. The Kier molecular flexibility index (Phi) is 7.78. The second-order valence-corrected chi connectivity index (χ2v) is 9.79. The normalized spacial score (nSPS) is 10.8. The summed E-state index contributed by atoms with van der Waals surface area (Å²) in [5, 5.41) is 17.2. The van der Waals surface area contributed by atoms with E-state index in [0.29, 0.717) is 6.54 Å². The van der Waals surface area contributed by atoms with Crippen LogP contribution >= 0.6 is 0 Å². The van der Waals surface area contributed by atoms with E-state index in [9.17, 15) is 28.1 Å². The highest BCUT2D eigenvalue weighted by Gasteiger charge is 2.20. The van der Waals surface area contributed by atoms with Crippen molar-refractivity contribution in [1.29, 1.82) is 0 Å². The number of nitrogens with one attached hydrogen (secondary N) is 3. The van der Waals surface area contributed by atoms with Crippen LogP contribution in [0, 0.1) is 10.1 Å². The molecule has 0 heterocycles. The standard InChI is InChI=1S/C27H22N4O6S/c32-26(21-14-15-24(25(17-21)31(34)35)28-18-19-8-3-1-4-9-19)29-22-11-7-10-20(16-22)27(33)30-38(36,37)23-12-5-2-6-13-23/h1-17,28H,18H2,(H,29,32)(H,30,33). The molecule has 0 fully saturated rings. The molecule has 0 unspecified atom stereocenters. The van der Waals surface area contributed by atoms with E-state index in [2.05, 4.69) is 10.6 Å². The van der Waals surface area contributed by atoms with Crippen LogP contribution in [0.2, 0.25) is 0 Å². The Labute approximate surface area is 218 Å². The van der Waals surface area contributed by atoms with Crippen LogP contribution in [0.1, 0.15) is 26.3 Å². The molecule has 192 valence electrons. The Morgan fingerprint density at radius 1 is 0.763 bits per heavy atom. The molecule has 0 radical (unpaired) electrons. The molecule has 0 spiro atoms. The summed E-state index contributed by atoms with van der Waals surface area (Å²) in [6.07, 6.45) is 0. The number of nitrogens with zero attached hydrogens (tertiary/aromatic N) is 1. The van der Waals surface area contributed by atoms with Gasteiger partial charge in [-0.05, 0) is 48.0 Å². The lowest BCUT2D eigenvalue weighted by Crippen LogP contribution is -2.30. The third-order valence-electron chi connectivity index (χ3n) is 5.45. The minimum Gasteiger partial charge on any atom is -0.375 e. The van der Waals surface area contributed by atoms with Crippen LogP contribution in [0.25, 0.3) is 0 Å². The van der Waals surface area contributed by atoms with Crippen molar-refractivity contribution in [2.45, 2.75) is 11.4 Å². The molecule has 38 heavy (non-hydrogen) atoms. The summed E-state index contributed by atoms with van der Waals surface area (Å²) >= 11 is 0. The topological polar surface area (TPSA) is 148 Å². The minimum absolute atomic E-state index is 0.00579. The number of nitro benzene ring substituents is 1. The maximum Gasteiger partial charge on any atom is 0.293 e. The third-order valence-corrected chi connectivity index (χ3v) is 6.79. The molecule has 0 aliphatic heterocycles. The molecule has 3 N–H and O–H groups in total. The number of benzene rings is 4. The molecular weight excluding hydrogens is 508 g/mol. The number of carbonyl (C=O) groups is 2. The van der Waals surface area contributed by atoms with Crippen LogP contribution in [-0.4, -0.2) is 25.2 Å². The Balaban J connectivity index is 1.47. The van der Waals surface area contributed by atoms with Crippen molar-refractivity contribution in [2.75, 3.05) is 10.6 Å². The summed E-state index contributed by atoms with van der Waals surface area (Å²) in [6.45, 7) is 0.363. The van der Waals surface area contributed by atoms with Crippen LogP contribution in [0.3, 0.4) is 0 Å². The van der Waals surface area contributed by atoms with Gasteiger partial charge in [0.25, 0.3) is 27.5 Å². The van der Waals surface area contributed by atoms with E-state index in [-0.39, 0.29) is 33.1 Å². The molecule has 10 nitrogen and oxygen atoms in total. The van der Waals surface area contributed by atoms with Crippen LogP contribution in [0.15, 0.2) is 108 Å². The highest BCUT2D eigenvalue weighted by molar-refractivity contribution is 7.90. The lowest BCUT2D eigenvalue weighted by molar-refractivity contribution is -0.384. The van der Waals surface area contributed by atoms with Gasteiger partial charge < -0.3 is 10.6 Å². The first-order valence-corrected chi connectivity index (χ1v) is 12.8. The molecule has 0 aliphatic rings. The van der Waals surface area contributed by atoms with Crippen LogP contribution in [0.4, 0.5) is 17.1 Å². The zero-order chi connectivity index (χ0) is 27.1. The van der Waals surface area contributed by atoms with E-state index in [1.54, 1.807) is 6.07 Å². The fourth-order valence-corrected chi connectivity index (χ4v) is 4.54. The van der Waals surface area contributed by atoms with Crippen molar-refractivity contribution in [3.05, 3.63) is 130 Å². The maximum atomic E-state index is 12.8. The fraction of sp³-hybridized carbons (Fsp3) is 0.0370. The molecule has 4 rings (SSSR count). The van der Waals surface area contributed by atoms with Gasteiger partial charge in [-0.1, -0.05) is 54.6 Å². The molecule has 4 aromatic rings. The molecule has 11 heteroatoms. The summed E-state index contributed by atoms with van der Waals surface area (Å²) in [5.41, 5.74) is 1.15. The number of amides is 2. The minimum atomic E-state index is -4.08. The fourth-order valence-electron chi connectivity index (χ4n) is 3.55. The molecule has 0 aromatic heterocycles. The summed E-state index contributed by atoms with van der Waals surface area (Å²) < 4.78 is 26.9. The summed E-state index contributed by atoms with van der Waals surface area (Å²) in [7, 11) is -4.08. The number of hydrogen-bond donors (Lipinski definition) is 3. The van der Waals surface area contributed by atoms with Gasteiger partial charge in [-0.2, -0.15) is 0 Å². The predicted octanol–water partition coefficient (Wildman–Crippen LogP) is 4.58. The van der Waals surface area contributed by atoms with Gasteiger partial charge in [-0.3, -0.25) is 19.7 Å². The van der Waals surface area contributed by atoms with Gasteiger partial charge in [-0.15, -0.1) is 0 Å². The second kappa shape index (κ2) is 11.4. The van der Waals surface area contributed by atoms with Gasteiger partial charge >= 0.3 is 0 Å². The van der Waals surface area contributed by atoms with Gasteiger partial charge in [0.2, 0.25) is 0 Å². The van der Waals surface area contributed by atoms with Crippen molar-refractivity contribution in [3.8, 4) is 0 Å². The molecule has 0 aliphatic carbocycles. The summed E-state index contributed by atoms with van der Waals surface area (Å²) in [6, 6.07) is 26.5. The summed E-state index contributed by atoms with van der Waals surface area (Å²) in [5.74, 6) is -1.52. The first kappa shape index (κ1) is 26.0. The van der Waals surface area contributed by atoms with Crippen molar-refractivity contribution >= 4 is 38.9 Å². The van der Waals surface area contributed by atoms with E-state index in [1.807, 2.05) is 35.1 Å². The second-order valence-electron chi connectivity index (χ2n) is 8.11. The van der Waals surface area contributed by atoms with E-state index in [0.717, 1.165) is 11.6 Å². The van der Waals surface area contributed by atoms with Gasteiger partial charge in [-0.25, -0.2) is 13.1 Å². The third kappa shape index (κ3) is 6.39. The first-order chi connectivity index (χ1) is 18.2. The number of sulfonamides is 1. The summed E-state index contributed by atoms with van der Waals surface area (Å²) in [4.78, 5) is 36.4. The van der Waals surface area contributed by atoms with Crippen molar-refractivity contribution in [2.24, 2.45) is 0 Å². The smallest absolute Gasteiger partial charge is 0.293 e. The van der Waals surface area contributed by atoms with Crippen LogP contribution in [0.5, 0.6) is 0 Å². The Hall–Kier alpha value is -5.03. The van der Waals surface area contributed by atoms with Crippen LogP contribution in [-0.2, 0) is 16.6 Å². The van der Waals surface area contributed by atoms with Crippen molar-refractivity contribution < 1.29 is 22.9 Å². The van der Waals surface area contributed by atoms with Crippen molar-refractivity contribution in [1.82, 2.24) is 4.72 Å². The van der Waals surface area contributed by atoms with Gasteiger partial charge in [0, 0.05) is 29.4 Å². The highest BCUT2D eigenvalue weighted by atomic mass is 32.2. The van der Waals surface area contributed by atoms with E-state index in [4.69, 9.17) is 0 Å². The first-order valence-electron chi connectivity index (χ1n) is 11.3. The largest absolute Gasteiger partial charge is 0.375 e. The number of carbonyl (C=O) groups excluding carboxylic acids is 2. The molecule has 0 atom stereocenters. The zero-order valence-electron chi connectivity index (χ0n) is 19.8. The molecular formula is C27H22N4O6S. The van der Waals surface area contributed by atoms with Gasteiger partial charge in [0.1, 0.15) is 5.69 Å². The van der Waals surface area contributed by atoms with Gasteiger partial charge in [0.05, 0.1) is 9.82 Å². The zero-order valence-corrected chi connectivity index (χ0v) is 20.6. The van der Waals surface area contributed by atoms with Gasteiger partial charge in [0.15, 0.2) is 0 Å². The number of nitro groups is 1. The lowest BCUT2D eigenvalue weighted by atomic mass is 10.1. The quantitative estimate of drug-likeness (QED) is 0.212. The van der Waals surface area contributed by atoms with Crippen molar-refractivity contribution in [3.63, 3.8) is 0 Å². The molecule has 0 saturated heterocycles. The van der Waals surface area contributed by atoms with E-state index in [1.165, 1.54) is 60.7 Å². The average Bonchev–Trinajstić information content (AvgIpc) is 2.92. The highest BCUT2D eigenvalue weighted by Crippen LogP contribution is 2.27. The number of anilines is 2. The van der Waals surface area contributed by atoms with E-state index < -0.39 is 26.8 Å². The van der Waals surface area contributed by atoms with Crippen LogP contribution < -0.4 is 15.4 Å². The predicted molar refractivity (Wildman–Crippen MR) is 142 cm³/mol. The molecule has 0 saturated carbocycles. The Bertz CT molecular complexity index is 1590. The Morgan fingerprint density at radius 2 is 1.42 bits per heavy atom. The number of hydrogen-bond acceptors (Lipinski definition) is 7. The number of rotatable bonds is 9. The van der Waals surface area contributed by atoms with E-state index >= 15 is 0 Å². The SMILES string of the molecule is O=C(Nc1cccc(C(=O)NS(=O)(=O)c2ccccc2)c1)c1ccc(NCc2ccccc2)c([N+](=O)[O-])c1. The molecule has 0 bridgehead atoms.